The van der Waals surface area contributed by atoms with Gasteiger partial charge in [-0.05, 0) is 52.7 Å². The van der Waals surface area contributed by atoms with Crippen LogP contribution in [0, 0.1) is 18.3 Å². The fourth-order valence-corrected chi connectivity index (χ4v) is 4.09. The molecule has 22 heavy (non-hydrogen) atoms. The van der Waals surface area contributed by atoms with E-state index in [4.69, 9.17) is 4.52 Å². The largest absolute Gasteiger partial charge is 0.341 e. The van der Waals surface area contributed by atoms with Gasteiger partial charge in [0, 0.05) is 24.4 Å². The minimum absolute atomic E-state index is 0.121. The number of aromatic nitrogens is 2. The lowest BCUT2D eigenvalue weighted by Crippen LogP contribution is -2.42. The van der Waals surface area contributed by atoms with Crippen LogP contribution in [0.15, 0.2) is 4.52 Å². The summed E-state index contributed by atoms with van der Waals surface area (Å²) >= 11 is 0. The molecule has 4 rings (SSSR count). The third-order valence-electron chi connectivity index (χ3n) is 5.71. The molecular formula is C16H24N4O2. The van der Waals surface area contributed by atoms with Crippen molar-refractivity contribution in [3.8, 4) is 0 Å². The summed E-state index contributed by atoms with van der Waals surface area (Å²) in [4.78, 5) is 21.5. The zero-order valence-electron chi connectivity index (χ0n) is 13.4. The number of piperidine rings is 1. The summed E-state index contributed by atoms with van der Waals surface area (Å²) in [5.41, 5.74) is 0.121. The highest BCUT2D eigenvalue weighted by atomic mass is 16.5. The Labute approximate surface area is 130 Å². The van der Waals surface area contributed by atoms with Crippen molar-refractivity contribution in [3.63, 3.8) is 0 Å². The van der Waals surface area contributed by atoms with Gasteiger partial charge >= 0.3 is 0 Å². The van der Waals surface area contributed by atoms with E-state index in [1.165, 1.54) is 0 Å². The number of hydrogen-bond acceptors (Lipinski definition) is 5. The molecule has 0 bridgehead atoms. The van der Waals surface area contributed by atoms with Crippen LogP contribution in [0.25, 0.3) is 0 Å². The number of amides is 1. The first kappa shape index (κ1) is 14.2. The molecular weight excluding hydrogens is 280 g/mol. The summed E-state index contributed by atoms with van der Waals surface area (Å²) in [6.45, 7) is 5.63. The quantitative estimate of drug-likeness (QED) is 0.827. The van der Waals surface area contributed by atoms with E-state index in [1.54, 1.807) is 0 Å². The second-order valence-corrected chi connectivity index (χ2v) is 7.39. The molecule has 3 heterocycles. The molecule has 1 aliphatic carbocycles. The molecule has 1 saturated carbocycles. The predicted octanol–water partition coefficient (Wildman–Crippen LogP) is 1.43. The summed E-state index contributed by atoms with van der Waals surface area (Å²) in [6.07, 6.45) is 4.33. The lowest BCUT2D eigenvalue weighted by molar-refractivity contribution is -0.132. The van der Waals surface area contributed by atoms with E-state index < -0.39 is 0 Å². The Bertz CT molecular complexity index is 572. The monoisotopic (exact) mass is 304 g/mol. The fraction of sp³-hybridized carbons (Fsp3) is 0.812. The minimum atomic E-state index is 0.121. The maximum Gasteiger partial charge on any atom is 0.232 e. The average molecular weight is 304 g/mol. The van der Waals surface area contributed by atoms with E-state index in [9.17, 15) is 4.79 Å². The molecule has 2 aliphatic heterocycles. The highest BCUT2D eigenvalue weighted by Crippen LogP contribution is 2.50. The Hall–Kier alpha value is -1.43. The van der Waals surface area contributed by atoms with Crippen molar-refractivity contribution < 1.29 is 9.32 Å². The number of carbonyl (C=O) groups excluding carboxylic acids is 1. The molecule has 1 aromatic rings. The lowest BCUT2D eigenvalue weighted by atomic mass is 9.71. The van der Waals surface area contributed by atoms with Gasteiger partial charge in [-0.25, -0.2) is 0 Å². The Kier molecular flexibility index (Phi) is 3.25. The zero-order valence-corrected chi connectivity index (χ0v) is 13.4. The van der Waals surface area contributed by atoms with Crippen molar-refractivity contribution in [1.82, 2.24) is 19.9 Å². The van der Waals surface area contributed by atoms with E-state index in [-0.39, 0.29) is 17.3 Å². The number of aryl methyl sites for hydroxylation is 1. The molecule has 1 spiro atoms. The molecule has 1 amide bonds. The van der Waals surface area contributed by atoms with Gasteiger partial charge in [0.25, 0.3) is 0 Å². The first-order chi connectivity index (χ1) is 10.6. The van der Waals surface area contributed by atoms with Crippen LogP contribution in [0.4, 0.5) is 0 Å². The molecule has 1 atom stereocenters. The van der Waals surface area contributed by atoms with Gasteiger partial charge in [0.2, 0.25) is 11.8 Å². The number of likely N-dealkylation sites (tertiary alicyclic amines) is 2. The van der Waals surface area contributed by atoms with Gasteiger partial charge < -0.3 is 14.3 Å². The molecule has 2 saturated heterocycles. The summed E-state index contributed by atoms with van der Waals surface area (Å²) in [5, 5.41) is 3.97. The van der Waals surface area contributed by atoms with Crippen LogP contribution < -0.4 is 0 Å². The van der Waals surface area contributed by atoms with E-state index in [2.05, 4.69) is 27.0 Å². The smallest absolute Gasteiger partial charge is 0.232 e. The van der Waals surface area contributed by atoms with Gasteiger partial charge in [0.15, 0.2) is 5.82 Å². The first-order valence-electron chi connectivity index (χ1n) is 8.35. The topological polar surface area (TPSA) is 62.5 Å². The third kappa shape index (κ3) is 2.33. The molecule has 0 aromatic carbocycles. The van der Waals surface area contributed by atoms with Crippen LogP contribution in [-0.2, 0) is 4.79 Å². The third-order valence-corrected chi connectivity index (χ3v) is 5.71. The van der Waals surface area contributed by atoms with E-state index >= 15 is 0 Å². The minimum Gasteiger partial charge on any atom is -0.341 e. The van der Waals surface area contributed by atoms with Crippen molar-refractivity contribution >= 4 is 5.91 Å². The van der Waals surface area contributed by atoms with Crippen LogP contribution in [-0.4, -0.2) is 59.1 Å². The molecule has 0 radical (unpaired) electrons. The van der Waals surface area contributed by atoms with Gasteiger partial charge in [0.1, 0.15) is 0 Å². The lowest BCUT2D eigenvalue weighted by Gasteiger charge is -2.40. The Balaban J connectivity index is 1.62. The van der Waals surface area contributed by atoms with Crippen molar-refractivity contribution in [2.24, 2.45) is 11.3 Å². The van der Waals surface area contributed by atoms with Crippen LogP contribution >= 0.6 is 0 Å². The molecule has 6 nitrogen and oxygen atoms in total. The number of hydrogen-bond donors (Lipinski definition) is 0. The normalized spacial score (nSPS) is 28.5. The van der Waals surface area contributed by atoms with E-state index in [0.717, 1.165) is 57.8 Å². The van der Waals surface area contributed by atoms with Crippen molar-refractivity contribution in [1.29, 1.82) is 0 Å². The van der Waals surface area contributed by atoms with Crippen LogP contribution in [0.5, 0.6) is 0 Å². The molecule has 6 heteroatoms. The molecule has 0 N–H and O–H groups in total. The zero-order chi connectivity index (χ0) is 15.3. The second kappa shape index (κ2) is 5.05. The number of carbonyl (C=O) groups is 1. The van der Waals surface area contributed by atoms with Crippen molar-refractivity contribution in [3.05, 3.63) is 11.7 Å². The van der Waals surface area contributed by atoms with Crippen molar-refractivity contribution in [2.75, 3.05) is 33.2 Å². The summed E-state index contributed by atoms with van der Waals surface area (Å²) in [5.74, 6) is 2.24. The summed E-state index contributed by atoms with van der Waals surface area (Å²) < 4.78 is 5.49. The summed E-state index contributed by atoms with van der Waals surface area (Å²) in [7, 11) is 2.17. The highest BCUT2D eigenvalue weighted by Gasteiger charge is 2.53. The Morgan fingerprint density at radius 1 is 1.32 bits per heavy atom. The van der Waals surface area contributed by atoms with Crippen LogP contribution in [0.2, 0.25) is 0 Å². The Morgan fingerprint density at radius 3 is 2.64 bits per heavy atom. The standard InChI is InChI=1S/C16H24N4O2/c1-11-17-14(22-18-11)13-9-20(15(21)12-3-4-12)10-16(13)5-7-19(2)8-6-16/h12-13H,3-10H2,1-2H3. The highest BCUT2D eigenvalue weighted by molar-refractivity contribution is 5.81. The van der Waals surface area contributed by atoms with Gasteiger partial charge in [-0.3, -0.25) is 4.79 Å². The van der Waals surface area contributed by atoms with Gasteiger partial charge in [0.05, 0.1) is 5.92 Å². The molecule has 1 unspecified atom stereocenters. The van der Waals surface area contributed by atoms with Crippen LogP contribution in [0.3, 0.4) is 0 Å². The van der Waals surface area contributed by atoms with E-state index in [0.29, 0.717) is 11.7 Å². The van der Waals surface area contributed by atoms with Gasteiger partial charge in [-0.1, -0.05) is 5.16 Å². The molecule has 3 fully saturated rings. The number of rotatable bonds is 2. The molecule has 3 aliphatic rings. The second-order valence-electron chi connectivity index (χ2n) is 7.39. The Morgan fingerprint density at radius 2 is 2.05 bits per heavy atom. The number of nitrogens with zero attached hydrogens (tertiary/aromatic N) is 4. The summed E-state index contributed by atoms with van der Waals surface area (Å²) in [6, 6.07) is 0. The van der Waals surface area contributed by atoms with E-state index in [1.807, 2.05) is 6.92 Å². The molecule has 1 aromatic heterocycles. The average Bonchev–Trinajstić information content (AvgIpc) is 3.17. The van der Waals surface area contributed by atoms with Gasteiger partial charge in [-0.15, -0.1) is 0 Å². The van der Waals surface area contributed by atoms with Gasteiger partial charge in [-0.2, -0.15) is 4.98 Å². The predicted molar refractivity (Wildman–Crippen MR) is 80.2 cm³/mol. The van der Waals surface area contributed by atoms with Crippen LogP contribution in [0.1, 0.15) is 43.3 Å². The van der Waals surface area contributed by atoms with Crippen molar-refractivity contribution in [2.45, 2.75) is 38.5 Å². The fourth-order valence-electron chi connectivity index (χ4n) is 4.09. The maximum atomic E-state index is 12.5. The molecule has 120 valence electrons. The SMILES string of the molecule is Cc1noc(C2CN(C(=O)C3CC3)CC23CCN(C)CC3)n1. The first-order valence-corrected chi connectivity index (χ1v) is 8.35. The maximum absolute atomic E-state index is 12.5.